The largest absolute Gasteiger partial charge is 0.344 e. The first-order valence-electron chi connectivity index (χ1n) is 16.6. The molecular formula is C42H58FN9. The molecule has 6 rings (SSSR count). The summed E-state index contributed by atoms with van der Waals surface area (Å²) in [5.41, 5.74) is 9.30. The molecule has 10 heteroatoms. The van der Waals surface area contributed by atoms with Gasteiger partial charge in [0.1, 0.15) is 34.9 Å². The van der Waals surface area contributed by atoms with Gasteiger partial charge in [-0.3, -0.25) is 9.97 Å². The molecule has 0 spiro atoms. The lowest BCUT2D eigenvalue weighted by Crippen LogP contribution is -2.14. The van der Waals surface area contributed by atoms with Gasteiger partial charge in [0.25, 0.3) is 0 Å². The number of hydrogen-bond donors (Lipinski definition) is 1. The molecule has 0 radical (unpaired) electrons. The Labute approximate surface area is 311 Å². The summed E-state index contributed by atoms with van der Waals surface area (Å²) in [6.45, 7) is 28.7. The normalized spacial score (nSPS) is 10.8. The highest BCUT2D eigenvalue weighted by Crippen LogP contribution is 2.06. The Hall–Kier alpha value is -5.51. The Morgan fingerprint density at radius 2 is 1.08 bits per heavy atom. The van der Waals surface area contributed by atoms with Gasteiger partial charge in [-0.25, -0.2) is 34.3 Å². The molecule has 1 N–H and O–H groups in total. The third-order valence-electron chi connectivity index (χ3n) is 6.45. The quantitative estimate of drug-likeness (QED) is 0.169. The molecule has 278 valence electrons. The van der Waals surface area contributed by atoms with Crippen molar-refractivity contribution in [2.24, 2.45) is 4.99 Å². The smallest absolute Gasteiger partial charge is 0.147 e. The molecule has 0 amide bonds. The van der Waals surface area contributed by atoms with Crippen molar-refractivity contribution in [3.63, 3.8) is 0 Å². The van der Waals surface area contributed by atoms with Crippen LogP contribution in [0.25, 0.3) is 0 Å². The lowest BCUT2D eigenvalue weighted by molar-refractivity contribution is 0.600. The number of hydrogen-bond acceptors (Lipinski definition) is 9. The summed E-state index contributed by atoms with van der Waals surface area (Å²) in [4.78, 5) is 31.9. The van der Waals surface area contributed by atoms with Crippen molar-refractivity contribution in [2.75, 3.05) is 0 Å². The summed E-state index contributed by atoms with van der Waals surface area (Å²) >= 11 is 0. The summed E-state index contributed by atoms with van der Waals surface area (Å²) in [5.74, 6) is 3.75. The first-order valence-corrected chi connectivity index (χ1v) is 16.6. The molecule has 52 heavy (non-hydrogen) atoms. The highest BCUT2D eigenvalue weighted by Gasteiger charge is 1.99. The highest BCUT2D eigenvalue weighted by molar-refractivity contribution is 5.94. The Balaban J connectivity index is 0.000000598. The van der Waals surface area contributed by atoms with E-state index in [9.17, 15) is 4.39 Å². The molecule has 0 atom stereocenters. The molecule has 0 aliphatic carbocycles. The van der Waals surface area contributed by atoms with Crippen molar-refractivity contribution in [1.82, 2.24) is 40.2 Å². The van der Waals surface area contributed by atoms with Crippen LogP contribution in [0.4, 0.5) is 4.39 Å². The Kier molecular flexibility index (Phi) is 22.0. The summed E-state index contributed by atoms with van der Waals surface area (Å²) < 4.78 is 12.7. The van der Waals surface area contributed by atoms with Gasteiger partial charge >= 0.3 is 0 Å². The topological polar surface area (TPSA) is 115 Å². The predicted molar refractivity (Wildman–Crippen MR) is 215 cm³/mol. The van der Waals surface area contributed by atoms with Crippen molar-refractivity contribution in [3.8, 4) is 0 Å². The third-order valence-corrected chi connectivity index (χ3v) is 6.45. The van der Waals surface area contributed by atoms with Crippen LogP contribution in [0.3, 0.4) is 0 Å². The molecule has 4 aromatic heterocycles. The number of allylic oxidation sites excluding steroid dienone is 2. The lowest BCUT2D eigenvalue weighted by Gasteiger charge is -2.10. The second kappa shape index (κ2) is 24.6. The second-order valence-corrected chi connectivity index (χ2v) is 12.0. The number of aliphatic imine (C=N–C) groups is 1. The number of aromatic nitrogens is 7. The Bertz CT molecular complexity index is 1670. The third kappa shape index (κ3) is 21.5. The molecule has 1 aliphatic heterocycles. The van der Waals surface area contributed by atoms with Crippen molar-refractivity contribution in [2.45, 2.75) is 97.4 Å². The van der Waals surface area contributed by atoms with E-state index in [2.05, 4.69) is 103 Å². The number of nitrogens with zero attached hydrogens (tertiary/aromatic N) is 8. The molecule has 0 saturated heterocycles. The first-order chi connectivity index (χ1) is 23.9. The van der Waals surface area contributed by atoms with Crippen molar-refractivity contribution in [1.29, 1.82) is 0 Å². The van der Waals surface area contributed by atoms with Gasteiger partial charge in [0.05, 0.1) is 5.69 Å². The average Bonchev–Trinajstić information content (AvgIpc) is 3.00. The second-order valence-electron chi connectivity index (χ2n) is 12.0. The summed E-state index contributed by atoms with van der Waals surface area (Å²) in [6, 6.07) is 16.0. The van der Waals surface area contributed by atoms with Gasteiger partial charge in [-0.15, -0.1) is 0 Å². The molecular weight excluding hydrogens is 650 g/mol. The van der Waals surface area contributed by atoms with Crippen LogP contribution in [0.2, 0.25) is 0 Å². The number of rotatable bonds is 0. The Morgan fingerprint density at radius 3 is 1.42 bits per heavy atom. The number of aryl methyl sites for hydroxylation is 11. The van der Waals surface area contributed by atoms with Gasteiger partial charge < -0.3 is 5.32 Å². The zero-order chi connectivity index (χ0) is 38.5. The van der Waals surface area contributed by atoms with Gasteiger partial charge in [0, 0.05) is 41.4 Å². The standard InChI is InChI=1S/C8H10.C7H8FN.C7H10N2.C7H9N.C6H9N3.C6H8N2.CH4/c1-7-4-3-5-8(2)6-7;1-5-3-4-9-6(2)7(5)8;1-5-4-6(2)9-7(3)8-5;1-6-3-4-8-7(2)5-6;1-4-7-5(2)9-6(3)8-4;1-5-3-4-7-6(2)8-5;/h3-6H,1-2H3;3-4H,1-2H3;4,8H,3H2,1-2H3;3-5H,1-2H3;1-3H3;3-4H,1-2H3;1H4. The molecule has 5 heterocycles. The minimum atomic E-state index is -0.197. The fraction of sp³-hybridized carbons (Fsp3) is 0.333. The maximum atomic E-state index is 12.7. The van der Waals surface area contributed by atoms with Gasteiger partial charge in [0.15, 0.2) is 0 Å². The molecule has 0 bridgehead atoms. The van der Waals surface area contributed by atoms with Crippen LogP contribution in [-0.2, 0) is 0 Å². The number of halogens is 1. The van der Waals surface area contributed by atoms with Crippen LogP contribution >= 0.6 is 0 Å². The first kappa shape index (κ1) is 46.5. The number of nitrogens with one attached hydrogen (secondary N) is 1. The van der Waals surface area contributed by atoms with Gasteiger partial charge in [-0.1, -0.05) is 49.4 Å². The molecule has 9 nitrogen and oxygen atoms in total. The van der Waals surface area contributed by atoms with Crippen LogP contribution in [-0.4, -0.2) is 40.6 Å². The van der Waals surface area contributed by atoms with Gasteiger partial charge in [-0.2, -0.15) is 0 Å². The average molecular weight is 708 g/mol. The van der Waals surface area contributed by atoms with Crippen LogP contribution in [0.1, 0.15) is 83.9 Å². The van der Waals surface area contributed by atoms with E-state index in [-0.39, 0.29) is 13.2 Å². The van der Waals surface area contributed by atoms with E-state index in [1.165, 1.54) is 16.7 Å². The number of benzene rings is 1. The summed E-state index contributed by atoms with van der Waals surface area (Å²) in [6.07, 6.45) is 7.17. The van der Waals surface area contributed by atoms with Crippen molar-refractivity contribution in [3.05, 3.63) is 160 Å². The SMILES string of the molecule is C.C=C1N=C(C)C=C(C)N1.Cc1cccc(C)c1.Cc1ccnc(C)c1.Cc1ccnc(C)c1F.Cc1ccnc(C)n1.Cc1nc(C)nc(C)n1. The van der Waals surface area contributed by atoms with Crippen LogP contribution < -0.4 is 5.32 Å². The maximum Gasteiger partial charge on any atom is 0.147 e. The molecule has 0 unspecified atom stereocenters. The number of pyridine rings is 2. The molecule has 0 fully saturated rings. The van der Waals surface area contributed by atoms with E-state index in [1.807, 2.05) is 79.8 Å². The maximum absolute atomic E-state index is 12.7. The van der Waals surface area contributed by atoms with Crippen LogP contribution in [0.15, 0.2) is 96.3 Å². The lowest BCUT2D eigenvalue weighted by atomic mass is 10.2. The zero-order valence-corrected chi connectivity index (χ0v) is 32.6. The van der Waals surface area contributed by atoms with Crippen LogP contribution in [0, 0.1) is 82.0 Å². The van der Waals surface area contributed by atoms with E-state index in [1.54, 1.807) is 32.3 Å². The van der Waals surface area contributed by atoms with E-state index >= 15 is 0 Å². The zero-order valence-electron chi connectivity index (χ0n) is 32.6. The van der Waals surface area contributed by atoms with Gasteiger partial charge in [-0.05, 0) is 131 Å². The minimum absolute atomic E-state index is 0. The van der Waals surface area contributed by atoms with Crippen molar-refractivity contribution < 1.29 is 4.39 Å². The summed E-state index contributed by atoms with van der Waals surface area (Å²) in [5, 5.41) is 2.99. The molecule has 1 aliphatic rings. The van der Waals surface area contributed by atoms with Crippen LogP contribution in [0.5, 0.6) is 0 Å². The minimum Gasteiger partial charge on any atom is -0.344 e. The Morgan fingerprint density at radius 1 is 0.558 bits per heavy atom. The molecule has 5 aromatic rings. The van der Waals surface area contributed by atoms with Crippen molar-refractivity contribution >= 4 is 5.71 Å². The van der Waals surface area contributed by atoms with E-state index in [4.69, 9.17) is 0 Å². The monoisotopic (exact) mass is 707 g/mol. The highest BCUT2D eigenvalue weighted by atomic mass is 19.1. The fourth-order valence-corrected chi connectivity index (χ4v) is 4.37. The van der Waals surface area contributed by atoms with E-state index in [0.717, 1.165) is 51.9 Å². The fourth-order valence-electron chi connectivity index (χ4n) is 4.37. The molecule has 1 aromatic carbocycles. The van der Waals surface area contributed by atoms with Gasteiger partial charge in [0.2, 0.25) is 0 Å². The predicted octanol–water partition coefficient (Wildman–Crippen LogP) is 9.79. The summed E-state index contributed by atoms with van der Waals surface area (Å²) in [7, 11) is 0. The van der Waals surface area contributed by atoms with E-state index < -0.39 is 0 Å². The molecule has 0 saturated carbocycles. The van der Waals surface area contributed by atoms with E-state index in [0.29, 0.717) is 11.3 Å².